The molecule has 0 atom stereocenters. The summed E-state index contributed by atoms with van der Waals surface area (Å²) in [5.41, 5.74) is -1.12. The SMILES string of the molecule is CCOC(C)(C)CNc1nccn2nc(C(F)(F)F)cc12. The number of nitrogens with one attached hydrogen (secondary N) is 1. The third-order valence-corrected chi connectivity index (χ3v) is 2.90. The maximum Gasteiger partial charge on any atom is 0.435 e. The Bertz CT molecular complexity index is 621. The molecule has 1 N–H and O–H groups in total. The van der Waals surface area contributed by atoms with Gasteiger partial charge >= 0.3 is 6.18 Å². The lowest BCUT2D eigenvalue weighted by atomic mass is 10.1. The van der Waals surface area contributed by atoms with E-state index in [0.29, 0.717) is 19.0 Å². The maximum atomic E-state index is 12.7. The van der Waals surface area contributed by atoms with Gasteiger partial charge in [0.15, 0.2) is 11.5 Å². The molecule has 116 valence electrons. The van der Waals surface area contributed by atoms with E-state index in [9.17, 15) is 13.2 Å². The Hall–Kier alpha value is -1.83. The standard InChI is InChI=1S/C13H17F3N4O/c1-4-21-12(2,3)8-18-11-9-7-10(13(14,15)16)19-20(9)6-5-17-11/h5-7H,4,8H2,1-3H3,(H,17,18). The van der Waals surface area contributed by atoms with E-state index in [1.165, 1.54) is 12.4 Å². The van der Waals surface area contributed by atoms with Crippen molar-refractivity contribution < 1.29 is 17.9 Å². The van der Waals surface area contributed by atoms with Gasteiger partial charge in [0.1, 0.15) is 5.52 Å². The summed E-state index contributed by atoms with van der Waals surface area (Å²) in [6, 6.07) is 0.975. The van der Waals surface area contributed by atoms with Gasteiger partial charge in [-0.3, -0.25) is 0 Å². The molecule has 2 heterocycles. The molecule has 0 aliphatic heterocycles. The fraction of sp³-hybridized carbons (Fsp3) is 0.538. The van der Waals surface area contributed by atoms with Crippen LogP contribution in [-0.2, 0) is 10.9 Å². The minimum atomic E-state index is -4.48. The lowest BCUT2D eigenvalue weighted by molar-refractivity contribution is -0.141. The predicted octanol–water partition coefficient (Wildman–Crippen LogP) is 2.98. The van der Waals surface area contributed by atoms with E-state index in [4.69, 9.17) is 4.74 Å². The molecule has 0 radical (unpaired) electrons. The van der Waals surface area contributed by atoms with Crippen molar-refractivity contribution in [1.82, 2.24) is 14.6 Å². The number of halogens is 3. The second-order valence-corrected chi connectivity index (χ2v) is 5.18. The van der Waals surface area contributed by atoms with Gasteiger partial charge in [0, 0.05) is 31.6 Å². The van der Waals surface area contributed by atoms with E-state index >= 15 is 0 Å². The largest absolute Gasteiger partial charge is 0.435 e. The zero-order valence-electron chi connectivity index (χ0n) is 12.0. The Morgan fingerprint density at radius 2 is 2.05 bits per heavy atom. The highest BCUT2D eigenvalue weighted by Gasteiger charge is 2.34. The first-order chi connectivity index (χ1) is 9.73. The zero-order chi connectivity index (χ0) is 15.7. The monoisotopic (exact) mass is 302 g/mol. The van der Waals surface area contributed by atoms with Gasteiger partial charge in [0.2, 0.25) is 0 Å². The quantitative estimate of drug-likeness (QED) is 0.922. The van der Waals surface area contributed by atoms with Crippen LogP contribution >= 0.6 is 0 Å². The Balaban J connectivity index is 2.26. The molecule has 2 aromatic rings. The van der Waals surface area contributed by atoms with Gasteiger partial charge < -0.3 is 10.1 Å². The van der Waals surface area contributed by atoms with Crippen LogP contribution in [0.1, 0.15) is 26.5 Å². The van der Waals surface area contributed by atoms with E-state index in [-0.39, 0.29) is 5.52 Å². The summed E-state index contributed by atoms with van der Waals surface area (Å²) in [5.74, 6) is 0.341. The first-order valence-electron chi connectivity index (χ1n) is 6.52. The number of alkyl halides is 3. The molecule has 0 unspecified atom stereocenters. The van der Waals surface area contributed by atoms with Crippen molar-refractivity contribution in [2.24, 2.45) is 0 Å². The van der Waals surface area contributed by atoms with Crippen molar-refractivity contribution in [1.29, 1.82) is 0 Å². The number of nitrogens with zero attached hydrogens (tertiary/aromatic N) is 3. The summed E-state index contributed by atoms with van der Waals surface area (Å²) in [4.78, 5) is 4.07. The fourth-order valence-corrected chi connectivity index (χ4v) is 1.94. The highest BCUT2D eigenvalue weighted by Crippen LogP contribution is 2.30. The topological polar surface area (TPSA) is 51.5 Å². The normalized spacial score (nSPS) is 12.9. The van der Waals surface area contributed by atoms with E-state index in [0.717, 1.165) is 10.6 Å². The molecule has 0 aromatic carbocycles. The number of anilines is 1. The number of hydrogen-bond acceptors (Lipinski definition) is 4. The summed E-state index contributed by atoms with van der Waals surface area (Å²) < 4.78 is 44.8. The third kappa shape index (κ3) is 3.63. The predicted molar refractivity (Wildman–Crippen MR) is 72.2 cm³/mol. The third-order valence-electron chi connectivity index (χ3n) is 2.90. The fourth-order valence-electron chi connectivity index (χ4n) is 1.94. The van der Waals surface area contributed by atoms with Gasteiger partial charge in [-0.25, -0.2) is 9.50 Å². The van der Waals surface area contributed by atoms with Crippen LogP contribution in [0.25, 0.3) is 5.52 Å². The Morgan fingerprint density at radius 1 is 1.33 bits per heavy atom. The van der Waals surface area contributed by atoms with Crippen molar-refractivity contribution >= 4 is 11.3 Å². The molecule has 0 saturated carbocycles. The molecule has 0 amide bonds. The van der Waals surface area contributed by atoms with Crippen LogP contribution in [0.15, 0.2) is 18.5 Å². The summed E-state index contributed by atoms with van der Waals surface area (Å²) in [6.07, 6.45) is -1.70. The van der Waals surface area contributed by atoms with Crippen molar-refractivity contribution in [3.63, 3.8) is 0 Å². The molecule has 8 heteroatoms. The van der Waals surface area contributed by atoms with Crippen LogP contribution in [0.5, 0.6) is 0 Å². The van der Waals surface area contributed by atoms with Crippen LogP contribution in [0, 0.1) is 0 Å². The second-order valence-electron chi connectivity index (χ2n) is 5.18. The van der Waals surface area contributed by atoms with Gasteiger partial charge in [-0.15, -0.1) is 0 Å². The van der Waals surface area contributed by atoms with Crippen LogP contribution < -0.4 is 5.32 Å². The summed E-state index contributed by atoms with van der Waals surface area (Å²) >= 11 is 0. The Kier molecular flexibility index (Phi) is 4.08. The smallest absolute Gasteiger partial charge is 0.374 e. The van der Waals surface area contributed by atoms with E-state index in [1.807, 2.05) is 20.8 Å². The molecular formula is C13H17F3N4O. The minimum Gasteiger partial charge on any atom is -0.374 e. The van der Waals surface area contributed by atoms with Gasteiger partial charge in [0.05, 0.1) is 5.60 Å². The zero-order valence-corrected chi connectivity index (χ0v) is 12.0. The van der Waals surface area contributed by atoms with Gasteiger partial charge in [-0.2, -0.15) is 18.3 Å². The molecular weight excluding hydrogens is 285 g/mol. The second kappa shape index (κ2) is 5.51. The van der Waals surface area contributed by atoms with E-state index in [1.54, 1.807) is 0 Å². The lowest BCUT2D eigenvalue weighted by Crippen LogP contribution is -2.33. The number of ether oxygens (including phenoxy) is 1. The Labute approximate surface area is 120 Å². The average Bonchev–Trinajstić information content (AvgIpc) is 2.80. The highest BCUT2D eigenvalue weighted by molar-refractivity contribution is 5.68. The summed E-state index contributed by atoms with van der Waals surface area (Å²) in [6.45, 7) is 6.63. The van der Waals surface area contributed by atoms with Crippen molar-refractivity contribution in [3.05, 3.63) is 24.2 Å². The van der Waals surface area contributed by atoms with Crippen molar-refractivity contribution in [2.75, 3.05) is 18.5 Å². The van der Waals surface area contributed by atoms with Crippen LogP contribution in [0.3, 0.4) is 0 Å². The molecule has 0 fully saturated rings. The molecule has 5 nitrogen and oxygen atoms in total. The average molecular weight is 302 g/mol. The molecule has 2 rings (SSSR count). The molecule has 0 bridgehead atoms. The van der Waals surface area contributed by atoms with E-state index in [2.05, 4.69) is 15.4 Å². The number of fused-ring (bicyclic) bond motifs is 1. The molecule has 0 aliphatic carbocycles. The van der Waals surface area contributed by atoms with Crippen LogP contribution in [0.4, 0.5) is 19.0 Å². The van der Waals surface area contributed by atoms with Gasteiger partial charge in [-0.1, -0.05) is 0 Å². The highest BCUT2D eigenvalue weighted by atomic mass is 19.4. The van der Waals surface area contributed by atoms with Crippen LogP contribution in [-0.4, -0.2) is 33.4 Å². The molecule has 0 spiro atoms. The number of hydrogen-bond donors (Lipinski definition) is 1. The first kappa shape index (κ1) is 15.6. The van der Waals surface area contributed by atoms with Gasteiger partial charge in [0.25, 0.3) is 0 Å². The number of rotatable bonds is 5. The molecule has 21 heavy (non-hydrogen) atoms. The van der Waals surface area contributed by atoms with Crippen molar-refractivity contribution in [2.45, 2.75) is 32.5 Å². The number of aromatic nitrogens is 3. The molecule has 2 aromatic heterocycles. The van der Waals surface area contributed by atoms with Gasteiger partial charge in [-0.05, 0) is 20.8 Å². The molecule has 0 saturated heterocycles. The maximum absolute atomic E-state index is 12.7. The first-order valence-corrected chi connectivity index (χ1v) is 6.52. The molecule has 0 aliphatic rings. The minimum absolute atomic E-state index is 0.275. The Morgan fingerprint density at radius 3 is 2.67 bits per heavy atom. The summed E-state index contributed by atoms with van der Waals surface area (Å²) in [7, 11) is 0. The van der Waals surface area contributed by atoms with Crippen molar-refractivity contribution in [3.8, 4) is 0 Å². The lowest BCUT2D eigenvalue weighted by Gasteiger charge is -2.25. The summed E-state index contributed by atoms with van der Waals surface area (Å²) in [5, 5.41) is 6.52. The van der Waals surface area contributed by atoms with E-state index < -0.39 is 17.5 Å². The van der Waals surface area contributed by atoms with Crippen LogP contribution in [0.2, 0.25) is 0 Å².